The normalized spacial score (nSPS) is 14.3. The van der Waals surface area contributed by atoms with E-state index >= 15 is 0 Å². The lowest BCUT2D eigenvalue weighted by Gasteiger charge is -2.23. The highest BCUT2D eigenvalue weighted by Crippen LogP contribution is 2.26. The SMILES string of the molecule is CCC(C)(C)C(=O)OCCN(C)c1ccc(/N=C2\C=C(C(=O)NC)C(=O)c3ccccc32)cc1. The molecule has 0 saturated carbocycles. The van der Waals surface area contributed by atoms with Crippen LogP contribution in [0.15, 0.2) is 65.2 Å². The van der Waals surface area contributed by atoms with Crippen LogP contribution in [0.3, 0.4) is 0 Å². The Bertz CT molecular complexity index is 1150. The molecule has 34 heavy (non-hydrogen) atoms. The number of ketones is 1. The first kappa shape index (κ1) is 24.9. The third-order valence-corrected chi connectivity index (χ3v) is 6.08. The van der Waals surface area contributed by atoms with Gasteiger partial charge in [0.05, 0.1) is 28.9 Å². The highest BCUT2D eigenvalue weighted by molar-refractivity contribution is 6.35. The van der Waals surface area contributed by atoms with Gasteiger partial charge in [-0.1, -0.05) is 31.2 Å². The van der Waals surface area contributed by atoms with Crippen LogP contribution in [0.2, 0.25) is 0 Å². The summed E-state index contributed by atoms with van der Waals surface area (Å²) in [6.45, 7) is 6.60. The first-order valence-corrected chi connectivity index (χ1v) is 11.3. The largest absolute Gasteiger partial charge is 0.463 e. The number of allylic oxidation sites excluding steroid dienone is 1. The van der Waals surface area contributed by atoms with Gasteiger partial charge in [0.2, 0.25) is 0 Å². The lowest BCUT2D eigenvalue weighted by atomic mass is 9.88. The van der Waals surface area contributed by atoms with Crippen molar-refractivity contribution in [2.45, 2.75) is 27.2 Å². The molecule has 0 unspecified atom stereocenters. The monoisotopic (exact) mass is 461 g/mol. The Labute approximate surface area is 200 Å². The second kappa shape index (κ2) is 10.5. The smallest absolute Gasteiger partial charge is 0.311 e. The van der Waals surface area contributed by atoms with Gasteiger partial charge in [0.1, 0.15) is 6.61 Å². The van der Waals surface area contributed by atoms with Crippen LogP contribution >= 0.6 is 0 Å². The number of nitrogens with one attached hydrogen (secondary N) is 1. The van der Waals surface area contributed by atoms with Crippen molar-refractivity contribution in [2.24, 2.45) is 10.4 Å². The molecular formula is C27H31N3O4. The van der Waals surface area contributed by atoms with Crippen LogP contribution in [0, 0.1) is 5.41 Å². The number of hydrogen-bond acceptors (Lipinski definition) is 6. The second-order valence-electron chi connectivity index (χ2n) is 8.82. The molecule has 0 bridgehead atoms. The Morgan fingerprint density at radius 1 is 1.06 bits per heavy atom. The van der Waals surface area contributed by atoms with Gasteiger partial charge in [0.25, 0.3) is 5.91 Å². The van der Waals surface area contributed by atoms with Gasteiger partial charge in [0.15, 0.2) is 5.78 Å². The zero-order valence-electron chi connectivity index (χ0n) is 20.3. The van der Waals surface area contributed by atoms with Gasteiger partial charge in [-0.2, -0.15) is 0 Å². The Morgan fingerprint density at radius 2 is 1.71 bits per heavy atom. The van der Waals surface area contributed by atoms with Gasteiger partial charge in [-0.25, -0.2) is 4.99 Å². The number of rotatable bonds is 8. The highest BCUT2D eigenvalue weighted by Gasteiger charge is 2.28. The van der Waals surface area contributed by atoms with E-state index in [9.17, 15) is 14.4 Å². The molecule has 1 amide bonds. The van der Waals surface area contributed by atoms with Crippen molar-refractivity contribution in [2.75, 3.05) is 32.1 Å². The first-order valence-electron chi connectivity index (χ1n) is 11.3. The van der Waals surface area contributed by atoms with E-state index in [1.165, 1.54) is 13.1 Å². The number of hydrogen-bond donors (Lipinski definition) is 1. The van der Waals surface area contributed by atoms with Crippen molar-refractivity contribution < 1.29 is 19.1 Å². The number of aliphatic imine (C=N–C) groups is 1. The third-order valence-electron chi connectivity index (χ3n) is 6.08. The van der Waals surface area contributed by atoms with Gasteiger partial charge in [0, 0.05) is 30.9 Å². The predicted molar refractivity (Wildman–Crippen MR) is 134 cm³/mol. The molecule has 1 N–H and O–H groups in total. The Hall–Kier alpha value is -3.74. The molecular weight excluding hydrogens is 430 g/mol. The number of esters is 1. The summed E-state index contributed by atoms with van der Waals surface area (Å²) in [5.74, 6) is -0.939. The Kier molecular flexibility index (Phi) is 7.66. The summed E-state index contributed by atoms with van der Waals surface area (Å²) in [4.78, 5) is 43.8. The standard InChI is InChI=1S/C27H31N3O4/c1-6-27(2,3)26(33)34-16-15-30(5)19-13-11-18(12-14-19)29-23-17-22(25(32)28-4)24(31)21-10-8-7-9-20(21)23/h7-14,17H,6,15-16H2,1-5H3,(H,28,32)/b29-23+. The van der Waals surface area contributed by atoms with E-state index in [1.807, 2.05) is 69.1 Å². The van der Waals surface area contributed by atoms with Gasteiger partial charge in [-0.15, -0.1) is 0 Å². The van der Waals surface area contributed by atoms with Crippen molar-refractivity contribution in [1.82, 2.24) is 5.32 Å². The molecule has 3 rings (SSSR count). The van der Waals surface area contributed by atoms with E-state index in [0.717, 1.165) is 12.1 Å². The minimum absolute atomic E-state index is 0.0668. The summed E-state index contributed by atoms with van der Waals surface area (Å²) in [6, 6.07) is 14.7. The molecule has 7 nitrogen and oxygen atoms in total. The number of benzene rings is 2. The highest BCUT2D eigenvalue weighted by atomic mass is 16.5. The Morgan fingerprint density at radius 3 is 2.32 bits per heavy atom. The van der Waals surface area contributed by atoms with Crippen LogP contribution in [0.5, 0.6) is 0 Å². The molecule has 1 aliphatic carbocycles. The fraction of sp³-hybridized carbons (Fsp3) is 0.333. The van der Waals surface area contributed by atoms with E-state index in [-0.39, 0.29) is 17.3 Å². The summed E-state index contributed by atoms with van der Waals surface area (Å²) in [5.41, 5.74) is 2.94. The topological polar surface area (TPSA) is 88.1 Å². The summed E-state index contributed by atoms with van der Waals surface area (Å²) >= 11 is 0. The van der Waals surface area contributed by atoms with Gasteiger partial charge in [-0.3, -0.25) is 14.4 Å². The minimum Gasteiger partial charge on any atom is -0.463 e. The molecule has 1 aliphatic rings. The average molecular weight is 462 g/mol. The summed E-state index contributed by atoms with van der Waals surface area (Å²) in [5, 5.41) is 2.52. The molecule has 0 saturated heterocycles. The van der Waals surface area contributed by atoms with Crippen molar-refractivity contribution in [3.05, 3.63) is 71.3 Å². The molecule has 2 aromatic carbocycles. The van der Waals surface area contributed by atoms with Gasteiger partial charge >= 0.3 is 5.97 Å². The van der Waals surface area contributed by atoms with Crippen molar-refractivity contribution >= 4 is 34.7 Å². The quantitative estimate of drug-likeness (QED) is 0.473. The van der Waals surface area contributed by atoms with Crippen LogP contribution in [0.1, 0.15) is 43.1 Å². The molecule has 7 heteroatoms. The van der Waals surface area contributed by atoms with E-state index in [2.05, 4.69) is 5.32 Å². The summed E-state index contributed by atoms with van der Waals surface area (Å²) in [6.07, 6.45) is 2.26. The van der Waals surface area contributed by atoms with Crippen LogP contribution in [0.4, 0.5) is 11.4 Å². The lowest BCUT2D eigenvalue weighted by molar-refractivity contribution is -0.153. The number of fused-ring (bicyclic) bond motifs is 1. The molecule has 0 atom stereocenters. The van der Waals surface area contributed by atoms with Crippen molar-refractivity contribution in [3.63, 3.8) is 0 Å². The number of carbonyl (C=O) groups is 3. The van der Waals surface area contributed by atoms with E-state index in [1.54, 1.807) is 12.1 Å². The molecule has 0 spiro atoms. The van der Waals surface area contributed by atoms with Crippen LogP contribution in [0.25, 0.3) is 0 Å². The van der Waals surface area contributed by atoms with Crippen LogP contribution in [-0.4, -0.2) is 50.6 Å². The second-order valence-corrected chi connectivity index (χ2v) is 8.82. The average Bonchev–Trinajstić information content (AvgIpc) is 2.85. The molecule has 2 aromatic rings. The first-order chi connectivity index (χ1) is 16.2. The number of anilines is 1. The lowest BCUT2D eigenvalue weighted by Crippen LogP contribution is -2.30. The van der Waals surface area contributed by atoms with E-state index < -0.39 is 11.3 Å². The fourth-order valence-electron chi connectivity index (χ4n) is 3.39. The maximum atomic E-state index is 12.7. The van der Waals surface area contributed by atoms with Gasteiger partial charge in [-0.05, 0) is 50.6 Å². The zero-order chi connectivity index (χ0) is 24.9. The molecule has 0 aromatic heterocycles. The van der Waals surface area contributed by atoms with Crippen LogP contribution < -0.4 is 10.2 Å². The number of carbonyl (C=O) groups excluding carboxylic acids is 3. The molecule has 0 radical (unpaired) electrons. The maximum Gasteiger partial charge on any atom is 0.311 e. The summed E-state index contributed by atoms with van der Waals surface area (Å²) in [7, 11) is 3.43. The minimum atomic E-state index is -0.478. The number of nitrogens with zero attached hydrogens (tertiary/aromatic N) is 2. The van der Waals surface area contributed by atoms with Crippen molar-refractivity contribution in [3.8, 4) is 0 Å². The molecule has 0 aliphatic heterocycles. The zero-order valence-corrected chi connectivity index (χ0v) is 20.3. The van der Waals surface area contributed by atoms with E-state index in [4.69, 9.17) is 9.73 Å². The molecule has 0 heterocycles. The maximum absolute atomic E-state index is 12.7. The molecule has 178 valence electrons. The number of likely N-dealkylation sites (N-methyl/N-ethyl adjacent to an activating group) is 2. The predicted octanol–water partition coefficient (Wildman–Crippen LogP) is 4.09. The third kappa shape index (κ3) is 5.42. The molecule has 0 fully saturated rings. The number of amides is 1. The number of ether oxygens (including phenoxy) is 1. The number of Topliss-reactive ketones (excluding diaryl/α,β-unsaturated/α-hetero) is 1. The van der Waals surface area contributed by atoms with Crippen LogP contribution in [-0.2, 0) is 14.3 Å². The van der Waals surface area contributed by atoms with Crippen molar-refractivity contribution in [1.29, 1.82) is 0 Å². The Balaban J connectivity index is 1.75. The summed E-state index contributed by atoms with van der Waals surface area (Å²) < 4.78 is 5.43. The van der Waals surface area contributed by atoms with Gasteiger partial charge < -0.3 is 15.0 Å². The fourth-order valence-corrected chi connectivity index (χ4v) is 3.39. The van der Waals surface area contributed by atoms with E-state index in [0.29, 0.717) is 35.7 Å².